The molecule has 0 bridgehead atoms. The molecule has 35 heavy (non-hydrogen) atoms. The quantitative estimate of drug-likeness (QED) is 0.239. The topological polar surface area (TPSA) is 140 Å². The molecule has 0 radical (unpaired) electrons. The normalized spacial score (nSPS) is 36.2. The van der Waals surface area contributed by atoms with E-state index in [9.17, 15) is 24.9 Å². The van der Waals surface area contributed by atoms with E-state index in [-0.39, 0.29) is 11.8 Å². The Morgan fingerprint density at radius 3 is 2.46 bits per heavy atom. The van der Waals surface area contributed by atoms with E-state index in [1.165, 1.54) is 24.6 Å². The van der Waals surface area contributed by atoms with Crippen molar-refractivity contribution in [2.45, 2.75) is 118 Å². The number of nitrogens with one attached hydrogen (secondary N) is 3. The first-order valence-corrected chi connectivity index (χ1v) is 14.6. The molecule has 0 aromatic heterocycles. The molecular weight excluding hydrogens is 494 g/mol. The van der Waals surface area contributed by atoms with E-state index in [1.54, 1.807) is 13.2 Å². The van der Waals surface area contributed by atoms with E-state index in [0.29, 0.717) is 31.3 Å². The zero-order chi connectivity index (χ0) is 25.5. The summed E-state index contributed by atoms with van der Waals surface area (Å²) in [7, 11) is 0. The number of carbonyl (C=O) groups is 2. The van der Waals surface area contributed by atoms with Crippen molar-refractivity contribution in [1.82, 2.24) is 16.0 Å². The Hall–Kier alpha value is -0.620. The second kappa shape index (κ2) is 13.8. The maximum Gasteiger partial charge on any atom is 0.237 e. The molecule has 3 fully saturated rings. The Balaban J connectivity index is 1.50. The van der Waals surface area contributed by atoms with E-state index < -0.39 is 47.3 Å². The number of alkyl halides is 1. The molecule has 0 aromatic carbocycles. The molecule has 0 spiro atoms. The Labute approximate surface area is 217 Å². The van der Waals surface area contributed by atoms with Gasteiger partial charge >= 0.3 is 0 Å². The van der Waals surface area contributed by atoms with Crippen molar-refractivity contribution in [2.24, 2.45) is 5.92 Å². The molecule has 9 nitrogen and oxygen atoms in total. The highest BCUT2D eigenvalue weighted by Crippen LogP contribution is 2.30. The SMILES string of the molecule is CS[C@H]1O[C@H]([C@H](NC(=O)[C@@H]2CC[C@H](CCC(=O)NC3CCCC3)CCN2)[C@H](C)Cl)[C@H](O)[C@H](O)[C@H]1O. The fourth-order valence-corrected chi connectivity index (χ4v) is 6.30. The van der Waals surface area contributed by atoms with Crippen LogP contribution in [-0.2, 0) is 14.3 Å². The third kappa shape index (κ3) is 7.93. The highest BCUT2D eigenvalue weighted by Gasteiger charge is 2.48. The van der Waals surface area contributed by atoms with Gasteiger partial charge in [0.2, 0.25) is 11.8 Å². The van der Waals surface area contributed by atoms with Crippen molar-refractivity contribution in [3.05, 3.63) is 0 Å². The van der Waals surface area contributed by atoms with Gasteiger partial charge in [-0.15, -0.1) is 23.4 Å². The predicted octanol–water partition coefficient (Wildman–Crippen LogP) is 0.866. The van der Waals surface area contributed by atoms with Crippen molar-refractivity contribution in [3.8, 4) is 0 Å². The minimum absolute atomic E-state index is 0.129. The van der Waals surface area contributed by atoms with Gasteiger partial charge in [0.25, 0.3) is 0 Å². The van der Waals surface area contributed by atoms with E-state index in [1.807, 2.05) is 0 Å². The van der Waals surface area contributed by atoms with Crippen LogP contribution in [0, 0.1) is 5.92 Å². The zero-order valence-corrected chi connectivity index (χ0v) is 22.3. The highest BCUT2D eigenvalue weighted by molar-refractivity contribution is 7.99. The fraction of sp³-hybridized carbons (Fsp3) is 0.917. The van der Waals surface area contributed by atoms with Crippen LogP contribution in [0.25, 0.3) is 0 Å². The summed E-state index contributed by atoms with van der Waals surface area (Å²) in [4.78, 5) is 25.4. The molecule has 2 amide bonds. The van der Waals surface area contributed by atoms with Crippen LogP contribution >= 0.6 is 23.4 Å². The standard InChI is InChI=1S/C24H42ClN3O6S/c1-13(25)18(22-20(31)19(30)21(32)24(34-22)35-2)28-23(33)16-9-7-14(11-12-26-16)8-10-17(29)27-15-5-3-4-6-15/h13-16,18-22,24,26,30-32H,3-12H2,1-2H3,(H,27,29)(H,28,33)/t13-,14+,16-,18+,19-,20+,21+,22+,24+/m0/s1. The Morgan fingerprint density at radius 2 is 1.80 bits per heavy atom. The maximum absolute atomic E-state index is 13.1. The third-order valence-electron chi connectivity index (χ3n) is 7.62. The Kier molecular flexibility index (Phi) is 11.4. The van der Waals surface area contributed by atoms with E-state index in [0.717, 1.165) is 32.1 Å². The first kappa shape index (κ1) is 28.9. The first-order valence-electron chi connectivity index (χ1n) is 12.9. The molecule has 0 unspecified atom stereocenters. The summed E-state index contributed by atoms with van der Waals surface area (Å²) in [6.45, 7) is 2.37. The van der Waals surface area contributed by atoms with Crippen molar-refractivity contribution in [1.29, 1.82) is 0 Å². The fourth-order valence-electron chi connectivity index (χ4n) is 5.42. The van der Waals surface area contributed by atoms with Crippen LogP contribution in [0.5, 0.6) is 0 Å². The summed E-state index contributed by atoms with van der Waals surface area (Å²) < 4.78 is 5.83. The van der Waals surface area contributed by atoms with Gasteiger partial charge in [0.1, 0.15) is 29.9 Å². The van der Waals surface area contributed by atoms with Gasteiger partial charge in [-0.3, -0.25) is 9.59 Å². The number of thioether (sulfide) groups is 1. The van der Waals surface area contributed by atoms with Gasteiger partial charge in [-0.25, -0.2) is 0 Å². The summed E-state index contributed by atoms with van der Waals surface area (Å²) in [6, 6.07) is -0.834. The lowest BCUT2D eigenvalue weighted by Crippen LogP contribution is -2.65. The number of amides is 2. The number of aliphatic hydroxyl groups is 3. The van der Waals surface area contributed by atoms with Gasteiger partial charge < -0.3 is 36.0 Å². The lowest BCUT2D eigenvalue weighted by Gasteiger charge is -2.44. The lowest BCUT2D eigenvalue weighted by molar-refractivity contribution is -0.205. The van der Waals surface area contributed by atoms with E-state index in [4.69, 9.17) is 16.3 Å². The minimum Gasteiger partial charge on any atom is -0.388 e. The molecule has 1 aliphatic carbocycles. The molecule has 2 aliphatic heterocycles. The molecular formula is C24H42ClN3O6S. The molecule has 0 aromatic rings. The van der Waals surface area contributed by atoms with Crippen LogP contribution in [-0.4, -0.2) is 93.3 Å². The van der Waals surface area contributed by atoms with Gasteiger partial charge in [0, 0.05) is 12.5 Å². The van der Waals surface area contributed by atoms with Crippen molar-refractivity contribution in [2.75, 3.05) is 12.8 Å². The lowest BCUT2D eigenvalue weighted by atomic mass is 9.92. The van der Waals surface area contributed by atoms with Crippen molar-refractivity contribution >= 4 is 35.2 Å². The largest absolute Gasteiger partial charge is 0.388 e. The summed E-state index contributed by atoms with van der Waals surface area (Å²) in [6.07, 6.45) is 5.01. The average Bonchev–Trinajstić information content (AvgIpc) is 3.22. The average molecular weight is 536 g/mol. The van der Waals surface area contributed by atoms with E-state index in [2.05, 4.69) is 16.0 Å². The maximum atomic E-state index is 13.1. The smallest absolute Gasteiger partial charge is 0.237 e. The summed E-state index contributed by atoms with van der Waals surface area (Å²) in [5.41, 5.74) is -0.740. The van der Waals surface area contributed by atoms with Gasteiger partial charge in [-0.1, -0.05) is 12.8 Å². The molecule has 202 valence electrons. The highest BCUT2D eigenvalue weighted by atomic mass is 35.5. The van der Waals surface area contributed by atoms with Crippen LogP contribution in [0.4, 0.5) is 0 Å². The molecule has 6 N–H and O–H groups in total. The third-order valence-corrected chi connectivity index (χ3v) is 8.75. The van der Waals surface area contributed by atoms with Gasteiger partial charge in [0.05, 0.1) is 17.5 Å². The molecule has 3 aliphatic rings. The van der Waals surface area contributed by atoms with Crippen molar-refractivity contribution < 1.29 is 29.6 Å². The zero-order valence-electron chi connectivity index (χ0n) is 20.7. The van der Waals surface area contributed by atoms with Crippen LogP contribution in [0.2, 0.25) is 0 Å². The number of hydrogen-bond acceptors (Lipinski definition) is 8. The second-order valence-corrected chi connectivity index (χ2v) is 11.8. The number of hydrogen-bond donors (Lipinski definition) is 6. The summed E-state index contributed by atoms with van der Waals surface area (Å²) in [5.74, 6) is 0.267. The molecule has 3 rings (SSSR count). The number of rotatable bonds is 9. The summed E-state index contributed by atoms with van der Waals surface area (Å²) in [5, 5.41) is 39.7. The number of aliphatic hydroxyl groups excluding tert-OH is 3. The molecule has 2 saturated heterocycles. The first-order chi connectivity index (χ1) is 16.7. The van der Waals surface area contributed by atoms with Crippen molar-refractivity contribution in [3.63, 3.8) is 0 Å². The van der Waals surface area contributed by atoms with Crippen LogP contribution in [0.3, 0.4) is 0 Å². The molecule has 2 heterocycles. The number of ether oxygens (including phenoxy) is 1. The second-order valence-electron chi connectivity index (χ2n) is 10.2. The number of carbonyl (C=O) groups excluding carboxylic acids is 2. The minimum atomic E-state index is -1.40. The monoisotopic (exact) mass is 535 g/mol. The Morgan fingerprint density at radius 1 is 1.09 bits per heavy atom. The predicted molar refractivity (Wildman–Crippen MR) is 136 cm³/mol. The Bertz CT molecular complexity index is 696. The van der Waals surface area contributed by atoms with Gasteiger partial charge in [-0.2, -0.15) is 0 Å². The van der Waals surface area contributed by atoms with Crippen LogP contribution < -0.4 is 16.0 Å². The molecule has 1 saturated carbocycles. The summed E-state index contributed by atoms with van der Waals surface area (Å²) >= 11 is 7.59. The number of halogens is 1. The van der Waals surface area contributed by atoms with Gasteiger partial charge in [0.15, 0.2) is 0 Å². The van der Waals surface area contributed by atoms with Crippen LogP contribution in [0.1, 0.15) is 64.7 Å². The van der Waals surface area contributed by atoms with E-state index >= 15 is 0 Å². The van der Waals surface area contributed by atoms with Gasteiger partial charge in [-0.05, 0) is 64.2 Å². The van der Waals surface area contributed by atoms with Crippen LogP contribution in [0.15, 0.2) is 0 Å². The molecule has 11 heteroatoms. The molecule has 9 atom stereocenters.